The minimum Gasteiger partial charge on any atom is -0.497 e. The van der Waals surface area contributed by atoms with Crippen LogP contribution < -0.4 is 19.9 Å². The number of hydrogen-bond acceptors (Lipinski definition) is 4. The Hall–Kier alpha value is -2.66. The van der Waals surface area contributed by atoms with Crippen LogP contribution in [0.3, 0.4) is 0 Å². The Morgan fingerprint density at radius 3 is 2.38 bits per heavy atom. The van der Waals surface area contributed by atoms with Gasteiger partial charge in [0.1, 0.15) is 5.75 Å². The van der Waals surface area contributed by atoms with Crippen molar-refractivity contribution in [2.24, 2.45) is 5.73 Å². The quantitative estimate of drug-likeness (QED) is 0.597. The summed E-state index contributed by atoms with van der Waals surface area (Å²) in [6, 6.07) is 12.1. The lowest BCUT2D eigenvalue weighted by Crippen LogP contribution is -1.99. The lowest BCUT2D eigenvalue weighted by Gasteiger charge is -2.10. The van der Waals surface area contributed by atoms with E-state index in [1.165, 1.54) is 10.9 Å². The van der Waals surface area contributed by atoms with Crippen molar-refractivity contribution in [3.8, 4) is 28.5 Å². The summed E-state index contributed by atoms with van der Waals surface area (Å²) in [7, 11) is 4.99. The van der Waals surface area contributed by atoms with Gasteiger partial charge < -0.3 is 24.9 Å². The molecule has 26 heavy (non-hydrogen) atoms. The molecular weight excluding hydrogens is 328 g/mol. The van der Waals surface area contributed by atoms with E-state index in [9.17, 15) is 0 Å². The smallest absolute Gasteiger partial charge is 0.161 e. The topological polar surface area (TPSA) is 69.5 Å². The molecule has 0 unspecified atom stereocenters. The van der Waals surface area contributed by atoms with Gasteiger partial charge in [0.05, 0.1) is 21.3 Å². The van der Waals surface area contributed by atoms with Crippen LogP contribution in [-0.2, 0) is 6.42 Å². The number of unbranched alkanes of at least 4 members (excludes halogenated alkanes) is 1. The van der Waals surface area contributed by atoms with Crippen molar-refractivity contribution in [2.45, 2.75) is 19.3 Å². The Morgan fingerprint density at radius 2 is 1.69 bits per heavy atom. The molecule has 5 nitrogen and oxygen atoms in total. The third kappa shape index (κ3) is 3.48. The maximum absolute atomic E-state index is 5.69. The summed E-state index contributed by atoms with van der Waals surface area (Å²) in [5.74, 6) is 2.29. The number of fused-ring (bicyclic) bond motifs is 1. The Morgan fingerprint density at radius 1 is 0.885 bits per heavy atom. The molecule has 3 rings (SSSR count). The highest BCUT2D eigenvalue weighted by Crippen LogP contribution is 2.37. The minimum atomic E-state index is 0.706. The predicted molar refractivity (Wildman–Crippen MR) is 105 cm³/mol. The summed E-state index contributed by atoms with van der Waals surface area (Å²) in [6.07, 6.45) is 3.00. The molecule has 0 amide bonds. The van der Waals surface area contributed by atoms with Gasteiger partial charge in [0.2, 0.25) is 0 Å². The molecule has 3 aromatic rings. The zero-order valence-electron chi connectivity index (χ0n) is 15.6. The number of methoxy groups -OCH3 is 3. The average molecular weight is 354 g/mol. The Kier molecular flexibility index (Phi) is 5.68. The lowest BCUT2D eigenvalue weighted by atomic mass is 10.00. The highest BCUT2D eigenvalue weighted by atomic mass is 16.5. The molecule has 1 aromatic heterocycles. The highest BCUT2D eigenvalue weighted by Gasteiger charge is 2.15. The van der Waals surface area contributed by atoms with E-state index >= 15 is 0 Å². The minimum absolute atomic E-state index is 0.706. The van der Waals surface area contributed by atoms with Crippen molar-refractivity contribution < 1.29 is 14.2 Å². The number of hydrogen-bond donors (Lipinski definition) is 2. The van der Waals surface area contributed by atoms with Crippen LogP contribution in [-0.4, -0.2) is 32.9 Å². The highest BCUT2D eigenvalue weighted by molar-refractivity contribution is 5.92. The number of ether oxygens (including phenoxy) is 3. The Labute approximate surface area is 154 Å². The van der Waals surface area contributed by atoms with E-state index in [1.54, 1.807) is 21.3 Å². The van der Waals surface area contributed by atoms with Crippen LogP contribution in [0.4, 0.5) is 0 Å². The molecule has 0 atom stereocenters. The molecule has 3 N–H and O–H groups in total. The van der Waals surface area contributed by atoms with E-state index in [-0.39, 0.29) is 0 Å². The maximum Gasteiger partial charge on any atom is 0.161 e. The summed E-state index contributed by atoms with van der Waals surface area (Å²) < 4.78 is 16.2. The summed E-state index contributed by atoms with van der Waals surface area (Å²) in [5, 5.41) is 1.19. The van der Waals surface area contributed by atoms with Gasteiger partial charge in [-0.25, -0.2) is 0 Å². The predicted octanol–water partition coefficient (Wildman–Crippen LogP) is 4.14. The molecular formula is C21H26N2O3. The number of H-pyrrole nitrogens is 1. The average Bonchev–Trinajstić information content (AvgIpc) is 3.05. The van der Waals surface area contributed by atoms with Gasteiger partial charge in [-0.2, -0.15) is 0 Å². The third-order valence-corrected chi connectivity index (χ3v) is 4.67. The molecule has 0 saturated carbocycles. The third-order valence-electron chi connectivity index (χ3n) is 4.67. The van der Waals surface area contributed by atoms with Crippen LogP contribution in [0.5, 0.6) is 17.2 Å². The number of nitrogens with two attached hydrogens (primary N) is 1. The van der Waals surface area contributed by atoms with Crippen molar-refractivity contribution in [1.82, 2.24) is 4.98 Å². The number of benzene rings is 2. The van der Waals surface area contributed by atoms with Crippen LogP contribution >= 0.6 is 0 Å². The van der Waals surface area contributed by atoms with Crippen molar-refractivity contribution in [2.75, 3.05) is 27.9 Å². The zero-order valence-corrected chi connectivity index (χ0v) is 15.6. The molecule has 0 saturated heterocycles. The Bertz CT molecular complexity index is 886. The Balaban J connectivity index is 2.13. The molecule has 0 bridgehead atoms. The second kappa shape index (κ2) is 8.15. The van der Waals surface area contributed by atoms with Gasteiger partial charge in [-0.15, -0.1) is 0 Å². The fourth-order valence-corrected chi connectivity index (χ4v) is 3.30. The van der Waals surface area contributed by atoms with E-state index in [2.05, 4.69) is 23.2 Å². The first-order chi connectivity index (χ1) is 12.7. The SMILES string of the molecule is COc1ccc2[nH]c(-c3ccc(OC)c(OC)c3)c(CCCCN)c2c1. The van der Waals surface area contributed by atoms with Gasteiger partial charge in [0, 0.05) is 22.2 Å². The number of aryl methyl sites for hydroxylation is 1. The molecule has 5 heteroatoms. The van der Waals surface area contributed by atoms with Crippen molar-refractivity contribution in [1.29, 1.82) is 0 Å². The van der Waals surface area contributed by atoms with E-state index in [0.717, 1.165) is 47.5 Å². The molecule has 0 aliphatic rings. The van der Waals surface area contributed by atoms with E-state index in [0.29, 0.717) is 12.3 Å². The van der Waals surface area contributed by atoms with Gasteiger partial charge in [0.25, 0.3) is 0 Å². The summed E-state index contributed by atoms with van der Waals surface area (Å²) in [5.41, 5.74) is 10.2. The molecule has 0 aliphatic carbocycles. The normalized spacial score (nSPS) is 10.9. The van der Waals surface area contributed by atoms with Crippen molar-refractivity contribution in [3.05, 3.63) is 42.0 Å². The molecule has 2 aromatic carbocycles. The van der Waals surface area contributed by atoms with E-state index in [4.69, 9.17) is 19.9 Å². The van der Waals surface area contributed by atoms with E-state index < -0.39 is 0 Å². The fourth-order valence-electron chi connectivity index (χ4n) is 3.30. The zero-order chi connectivity index (χ0) is 18.5. The number of aromatic nitrogens is 1. The number of nitrogens with one attached hydrogen (secondary N) is 1. The van der Waals surface area contributed by atoms with Crippen LogP contribution in [0, 0.1) is 0 Å². The molecule has 1 heterocycles. The van der Waals surface area contributed by atoms with Crippen LogP contribution in [0.25, 0.3) is 22.2 Å². The summed E-state index contributed by atoms with van der Waals surface area (Å²) >= 11 is 0. The van der Waals surface area contributed by atoms with Crippen LogP contribution in [0.15, 0.2) is 36.4 Å². The molecule has 0 spiro atoms. The van der Waals surface area contributed by atoms with Gasteiger partial charge in [-0.1, -0.05) is 0 Å². The maximum atomic E-state index is 5.69. The largest absolute Gasteiger partial charge is 0.497 e. The first-order valence-electron chi connectivity index (χ1n) is 8.82. The first kappa shape index (κ1) is 18.1. The molecule has 0 radical (unpaired) electrons. The van der Waals surface area contributed by atoms with E-state index in [1.807, 2.05) is 18.2 Å². The number of rotatable bonds is 8. The van der Waals surface area contributed by atoms with Gasteiger partial charge in [-0.3, -0.25) is 0 Å². The summed E-state index contributed by atoms with van der Waals surface area (Å²) in [4.78, 5) is 3.56. The van der Waals surface area contributed by atoms with Crippen LogP contribution in [0.1, 0.15) is 18.4 Å². The molecule has 0 aliphatic heterocycles. The van der Waals surface area contributed by atoms with Crippen molar-refractivity contribution in [3.63, 3.8) is 0 Å². The van der Waals surface area contributed by atoms with Gasteiger partial charge >= 0.3 is 0 Å². The first-order valence-corrected chi connectivity index (χ1v) is 8.82. The second-order valence-electron chi connectivity index (χ2n) is 6.21. The lowest BCUT2D eigenvalue weighted by molar-refractivity contribution is 0.355. The number of aromatic amines is 1. The van der Waals surface area contributed by atoms with Crippen molar-refractivity contribution >= 4 is 10.9 Å². The second-order valence-corrected chi connectivity index (χ2v) is 6.21. The fraction of sp³-hybridized carbons (Fsp3) is 0.333. The standard InChI is InChI=1S/C21H26N2O3/c1-24-15-8-9-18-17(13-15)16(6-4-5-11-22)21(23-18)14-7-10-19(25-2)20(12-14)26-3/h7-10,12-13,23H,4-6,11,22H2,1-3H3. The summed E-state index contributed by atoms with van der Waals surface area (Å²) in [6.45, 7) is 0.706. The molecule has 138 valence electrons. The molecule has 0 fully saturated rings. The van der Waals surface area contributed by atoms with Gasteiger partial charge in [0.15, 0.2) is 11.5 Å². The monoisotopic (exact) mass is 354 g/mol. The van der Waals surface area contributed by atoms with Gasteiger partial charge in [-0.05, 0) is 67.8 Å². The van der Waals surface area contributed by atoms with Crippen LogP contribution in [0.2, 0.25) is 0 Å².